The van der Waals surface area contributed by atoms with Crippen LogP contribution in [-0.2, 0) is 0 Å². The van der Waals surface area contributed by atoms with E-state index in [1.54, 1.807) is 36.4 Å². The third-order valence-electron chi connectivity index (χ3n) is 3.17. The van der Waals surface area contributed by atoms with Gasteiger partial charge in [0.2, 0.25) is 0 Å². The minimum Gasteiger partial charge on any atom is -0.508 e. The van der Waals surface area contributed by atoms with Gasteiger partial charge in [-0.1, -0.05) is 24.3 Å². The Morgan fingerprint density at radius 1 is 0.810 bits per heavy atom. The molecule has 1 aromatic heterocycles. The number of aldehydes is 1. The molecule has 21 heavy (non-hydrogen) atoms. The number of aromatic nitrogens is 2. The van der Waals surface area contributed by atoms with Crippen molar-refractivity contribution in [1.82, 2.24) is 9.97 Å². The van der Waals surface area contributed by atoms with Crippen LogP contribution in [0.2, 0.25) is 0 Å². The monoisotopic (exact) mass is 276 g/mol. The van der Waals surface area contributed by atoms with Crippen molar-refractivity contribution in [1.29, 1.82) is 0 Å². The average molecular weight is 276 g/mol. The Kier molecular flexibility index (Phi) is 3.43. The number of nitrogens with zero attached hydrogens (tertiary/aromatic N) is 2. The van der Waals surface area contributed by atoms with E-state index in [0.717, 1.165) is 28.8 Å². The van der Waals surface area contributed by atoms with Crippen LogP contribution in [0.4, 0.5) is 0 Å². The van der Waals surface area contributed by atoms with Crippen molar-refractivity contribution in [2.45, 2.75) is 0 Å². The third kappa shape index (κ3) is 2.79. The lowest BCUT2D eigenvalue weighted by Crippen LogP contribution is -1.89. The zero-order valence-corrected chi connectivity index (χ0v) is 11.1. The van der Waals surface area contributed by atoms with Gasteiger partial charge in [0, 0.05) is 16.7 Å². The molecule has 0 amide bonds. The zero-order valence-electron chi connectivity index (χ0n) is 11.1. The van der Waals surface area contributed by atoms with Crippen LogP contribution in [0.1, 0.15) is 10.4 Å². The third-order valence-corrected chi connectivity index (χ3v) is 3.17. The molecule has 2 aromatic carbocycles. The summed E-state index contributed by atoms with van der Waals surface area (Å²) in [5.74, 6) is 0.220. The van der Waals surface area contributed by atoms with E-state index >= 15 is 0 Å². The summed E-state index contributed by atoms with van der Waals surface area (Å²) in [6.45, 7) is 0. The SMILES string of the molecule is O=Cc1ccc(-c2cc(-c3ccc(O)cc3)ncn2)cc1. The summed E-state index contributed by atoms with van der Waals surface area (Å²) < 4.78 is 0. The second-order valence-corrected chi connectivity index (χ2v) is 4.58. The summed E-state index contributed by atoms with van der Waals surface area (Å²) in [6, 6.07) is 15.9. The Morgan fingerprint density at radius 3 is 1.86 bits per heavy atom. The highest BCUT2D eigenvalue weighted by atomic mass is 16.3. The number of hydrogen-bond acceptors (Lipinski definition) is 4. The van der Waals surface area contributed by atoms with Gasteiger partial charge in [0.05, 0.1) is 11.4 Å². The maximum absolute atomic E-state index is 10.7. The van der Waals surface area contributed by atoms with Gasteiger partial charge in [-0.15, -0.1) is 0 Å². The minimum absolute atomic E-state index is 0.220. The van der Waals surface area contributed by atoms with E-state index < -0.39 is 0 Å². The molecule has 0 aliphatic carbocycles. The van der Waals surface area contributed by atoms with Crippen LogP contribution in [-0.4, -0.2) is 21.4 Å². The smallest absolute Gasteiger partial charge is 0.150 e. The zero-order chi connectivity index (χ0) is 14.7. The van der Waals surface area contributed by atoms with Gasteiger partial charge < -0.3 is 5.11 Å². The summed E-state index contributed by atoms with van der Waals surface area (Å²) in [7, 11) is 0. The predicted octanol–water partition coefficient (Wildman–Crippen LogP) is 3.33. The molecule has 0 bridgehead atoms. The molecule has 0 aliphatic heterocycles. The van der Waals surface area contributed by atoms with Crippen LogP contribution in [0.15, 0.2) is 60.9 Å². The van der Waals surface area contributed by atoms with Gasteiger partial charge in [-0.3, -0.25) is 4.79 Å². The number of phenols is 1. The predicted molar refractivity (Wildman–Crippen MR) is 80.0 cm³/mol. The van der Waals surface area contributed by atoms with Gasteiger partial charge in [0.1, 0.15) is 18.4 Å². The lowest BCUT2D eigenvalue weighted by atomic mass is 10.1. The first-order valence-corrected chi connectivity index (χ1v) is 6.43. The first-order valence-electron chi connectivity index (χ1n) is 6.43. The van der Waals surface area contributed by atoms with E-state index in [2.05, 4.69) is 9.97 Å². The van der Waals surface area contributed by atoms with Gasteiger partial charge in [-0.05, 0) is 30.3 Å². The Hall–Kier alpha value is -3.01. The fourth-order valence-corrected chi connectivity index (χ4v) is 2.04. The highest BCUT2D eigenvalue weighted by molar-refractivity contribution is 5.77. The molecule has 102 valence electrons. The Morgan fingerprint density at radius 2 is 1.33 bits per heavy atom. The molecule has 3 aromatic rings. The average Bonchev–Trinajstić information content (AvgIpc) is 2.56. The van der Waals surface area contributed by atoms with E-state index in [0.29, 0.717) is 5.56 Å². The van der Waals surface area contributed by atoms with Crippen LogP contribution >= 0.6 is 0 Å². The highest BCUT2D eigenvalue weighted by Gasteiger charge is 2.04. The first kappa shape index (κ1) is 13.0. The molecule has 1 heterocycles. The number of aromatic hydroxyl groups is 1. The molecule has 0 aliphatic rings. The maximum atomic E-state index is 10.7. The largest absolute Gasteiger partial charge is 0.508 e. The number of carbonyl (C=O) groups is 1. The van der Waals surface area contributed by atoms with E-state index in [1.165, 1.54) is 6.33 Å². The lowest BCUT2D eigenvalue weighted by Gasteiger charge is -2.05. The Labute approximate surface area is 121 Å². The first-order chi connectivity index (χ1) is 10.3. The lowest BCUT2D eigenvalue weighted by molar-refractivity contribution is 0.112. The molecule has 0 saturated heterocycles. The molecule has 0 atom stereocenters. The van der Waals surface area contributed by atoms with E-state index in [1.807, 2.05) is 18.2 Å². The molecule has 0 unspecified atom stereocenters. The summed E-state index contributed by atoms with van der Waals surface area (Å²) in [5.41, 5.74) is 4.01. The number of rotatable bonds is 3. The van der Waals surface area contributed by atoms with Crippen molar-refractivity contribution in [2.24, 2.45) is 0 Å². The van der Waals surface area contributed by atoms with E-state index in [4.69, 9.17) is 0 Å². The normalized spacial score (nSPS) is 10.3. The van der Waals surface area contributed by atoms with Gasteiger partial charge >= 0.3 is 0 Å². The number of phenolic OH excluding ortho intramolecular Hbond substituents is 1. The summed E-state index contributed by atoms with van der Waals surface area (Å²) in [6.07, 6.45) is 2.32. The second kappa shape index (κ2) is 5.54. The number of benzene rings is 2. The van der Waals surface area contributed by atoms with Gasteiger partial charge in [0.15, 0.2) is 0 Å². The van der Waals surface area contributed by atoms with Crippen LogP contribution < -0.4 is 0 Å². The van der Waals surface area contributed by atoms with Crippen molar-refractivity contribution in [3.63, 3.8) is 0 Å². The van der Waals surface area contributed by atoms with Gasteiger partial charge in [-0.2, -0.15) is 0 Å². The molecule has 0 radical (unpaired) electrons. The molecule has 0 fully saturated rings. The number of carbonyl (C=O) groups excluding carboxylic acids is 1. The summed E-state index contributed by atoms with van der Waals surface area (Å²) in [4.78, 5) is 19.2. The molecule has 1 N–H and O–H groups in total. The number of hydrogen-bond donors (Lipinski definition) is 1. The standard InChI is InChI=1S/C17H12N2O2/c20-10-12-1-3-13(4-2-12)16-9-17(19-11-18-16)14-5-7-15(21)8-6-14/h1-11,21H. The van der Waals surface area contributed by atoms with Crippen molar-refractivity contribution < 1.29 is 9.90 Å². The van der Waals surface area contributed by atoms with Crippen molar-refractivity contribution >= 4 is 6.29 Å². The molecular weight excluding hydrogens is 264 g/mol. The second-order valence-electron chi connectivity index (χ2n) is 4.58. The summed E-state index contributed by atoms with van der Waals surface area (Å²) in [5, 5.41) is 9.32. The fourth-order valence-electron chi connectivity index (χ4n) is 2.04. The van der Waals surface area contributed by atoms with Crippen LogP contribution in [0.5, 0.6) is 5.75 Å². The maximum Gasteiger partial charge on any atom is 0.150 e. The molecule has 0 saturated carbocycles. The molecule has 3 rings (SSSR count). The Balaban J connectivity index is 1.99. The minimum atomic E-state index is 0.220. The van der Waals surface area contributed by atoms with E-state index in [9.17, 15) is 9.90 Å². The molecule has 4 nitrogen and oxygen atoms in total. The highest BCUT2D eigenvalue weighted by Crippen LogP contribution is 2.24. The molecular formula is C17H12N2O2. The van der Waals surface area contributed by atoms with E-state index in [-0.39, 0.29) is 5.75 Å². The summed E-state index contributed by atoms with van der Waals surface area (Å²) >= 11 is 0. The van der Waals surface area contributed by atoms with Gasteiger partial charge in [0.25, 0.3) is 0 Å². The fraction of sp³-hybridized carbons (Fsp3) is 0. The van der Waals surface area contributed by atoms with Crippen molar-refractivity contribution in [3.05, 3.63) is 66.5 Å². The van der Waals surface area contributed by atoms with Crippen molar-refractivity contribution in [3.8, 4) is 28.3 Å². The van der Waals surface area contributed by atoms with Crippen LogP contribution in [0.25, 0.3) is 22.5 Å². The Bertz CT molecular complexity index is 766. The molecule has 4 heteroatoms. The molecule has 0 spiro atoms. The van der Waals surface area contributed by atoms with Crippen LogP contribution in [0, 0.1) is 0 Å². The van der Waals surface area contributed by atoms with Crippen LogP contribution in [0.3, 0.4) is 0 Å². The topological polar surface area (TPSA) is 63.1 Å². The quantitative estimate of drug-likeness (QED) is 0.745. The van der Waals surface area contributed by atoms with Gasteiger partial charge in [-0.25, -0.2) is 9.97 Å². The van der Waals surface area contributed by atoms with Crippen molar-refractivity contribution in [2.75, 3.05) is 0 Å².